The summed E-state index contributed by atoms with van der Waals surface area (Å²) in [4.78, 5) is 12.6. The van der Waals surface area contributed by atoms with Crippen LogP contribution in [0.4, 0.5) is 14.9 Å². The number of anilines is 1. The van der Waals surface area contributed by atoms with Crippen LogP contribution in [0.3, 0.4) is 0 Å². The van der Waals surface area contributed by atoms with Crippen LogP contribution in [0.25, 0.3) is 0 Å². The van der Waals surface area contributed by atoms with Gasteiger partial charge in [-0.15, -0.1) is 4.36 Å². The van der Waals surface area contributed by atoms with Gasteiger partial charge in [0, 0.05) is 5.69 Å². The Balaban J connectivity index is 1.93. The number of halogens is 1. The average Bonchev–Trinajstić information content (AvgIpc) is 3.33. The van der Waals surface area contributed by atoms with Crippen molar-refractivity contribution in [2.45, 2.75) is 64.9 Å². The third kappa shape index (κ3) is 4.81. The number of aliphatic hydroxyl groups is 1. The molecule has 0 saturated carbocycles. The van der Waals surface area contributed by atoms with Crippen molar-refractivity contribution in [3.8, 4) is 0 Å². The molecule has 0 radical (unpaired) electrons. The second-order valence-electron chi connectivity index (χ2n) is 8.53. The van der Waals surface area contributed by atoms with Crippen molar-refractivity contribution in [2.24, 2.45) is 9.50 Å². The summed E-state index contributed by atoms with van der Waals surface area (Å²) in [6, 6.07) is -0.854. The number of nitrogens with two attached hydrogens (primary N) is 1. The van der Waals surface area contributed by atoms with Crippen molar-refractivity contribution in [3.63, 3.8) is 0 Å². The summed E-state index contributed by atoms with van der Waals surface area (Å²) < 4.78 is 31.4. The van der Waals surface area contributed by atoms with E-state index in [-0.39, 0.29) is 10.7 Å². The molecule has 4 N–H and O–H groups in total. The quantitative estimate of drug-likeness (QED) is 0.580. The standard InChI is InChI=1S/C23H30FN3O3S/c1-5-8-15(23(3,4)29)13-14(2)31(25,30)27-22(28)26-21-18-11-6-9-16(18)20(24)17-10-7-12-19(17)21/h5,8,13,29H,2,6-7,9-12H2,1,3-4H3,(H3,25,26,27,28,30)/b8-5-,15-13+. The highest BCUT2D eigenvalue weighted by Crippen LogP contribution is 2.41. The van der Waals surface area contributed by atoms with E-state index in [0.29, 0.717) is 48.1 Å². The minimum Gasteiger partial charge on any atom is -0.386 e. The molecule has 0 spiro atoms. The lowest BCUT2D eigenvalue weighted by molar-refractivity contribution is 0.124. The summed E-state index contributed by atoms with van der Waals surface area (Å²) in [5.41, 5.74) is 2.75. The van der Waals surface area contributed by atoms with Gasteiger partial charge >= 0.3 is 6.03 Å². The van der Waals surface area contributed by atoms with Gasteiger partial charge in [-0.05, 0) is 93.2 Å². The Kier molecular flexibility index (Phi) is 6.55. The molecule has 6 nitrogen and oxygen atoms in total. The van der Waals surface area contributed by atoms with Gasteiger partial charge in [-0.3, -0.25) is 0 Å². The molecule has 0 heterocycles. The highest BCUT2D eigenvalue weighted by atomic mass is 32.2. The number of urea groups is 1. The van der Waals surface area contributed by atoms with Crippen LogP contribution in [-0.4, -0.2) is 20.9 Å². The van der Waals surface area contributed by atoms with E-state index in [1.807, 2.05) is 0 Å². The zero-order valence-corrected chi connectivity index (χ0v) is 19.1. The second kappa shape index (κ2) is 8.68. The van der Waals surface area contributed by atoms with Crippen LogP contribution in [0, 0.1) is 5.82 Å². The van der Waals surface area contributed by atoms with Crippen molar-refractivity contribution in [1.82, 2.24) is 0 Å². The molecule has 2 aliphatic carbocycles. The van der Waals surface area contributed by atoms with Crippen molar-refractivity contribution in [1.29, 1.82) is 0 Å². The van der Waals surface area contributed by atoms with Gasteiger partial charge in [0.1, 0.15) is 15.7 Å². The summed E-state index contributed by atoms with van der Waals surface area (Å²) in [6.07, 6.45) is 9.06. The van der Waals surface area contributed by atoms with E-state index in [0.717, 1.165) is 24.0 Å². The molecule has 31 heavy (non-hydrogen) atoms. The Morgan fingerprint density at radius 2 is 1.71 bits per heavy atom. The molecule has 0 aliphatic heterocycles. The van der Waals surface area contributed by atoms with Crippen LogP contribution in [0.5, 0.6) is 0 Å². The topological polar surface area (TPSA) is 105 Å². The highest BCUT2D eigenvalue weighted by Gasteiger charge is 2.30. The van der Waals surface area contributed by atoms with Crippen LogP contribution in [0.1, 0.15) is 55.9 Å². The Hall–Kier alpha value is -2.29. The van der Waals surface area contributed by atoms with E-state index in [9.17, 15) is 18.5 Å². The number of allylic oxidation sites excluding steroid dienone is 2. The summed E-state index contributed by atoms with van der Waals surface area (Å²) in [6.45, 7) is 8.63. The van der Waals surface area contributed by atoms with Gasteiger partial charge in [-0.2, -0.15) is 0 Å². The van der Waals surface area contributed by atoms with Gasteiger partial charge in [0.05, 0.1) is 10.5 Å². The average molecular weight is 448 g/mol. The summed E-state index contributed by atoms with van der Waals surface area (Å²) in [5, 5.41) is 18.8. The molecule has 0 bridgehead atoms. The molecule has 0 saturated heterocycles. The molecule has 2 aliphatic rings. The zero-order chi connectivity index (χ0) is 23.0. The fourth-order valence-corrected chi connectivity index (χ4v) is 4.92. The normalized spacial score (nSPS) is 17.9. The molecule has 168 valence electrons. The minimum absolute atomic E-state index is 0.0764. The SMILES string of the molecule is C=C(/C=C(\C=C/C)C(C)(C)O)S(N)(=O)=NC(=O)Nc1c2c(c(F)c3c1CCC3)CCC2. The van der Waals surface area contributed by atoms with Gasteiger partial charge in [0.2, 0.25) is 0 Å². The van der Waals surface area contributed by atoms with Crippen molar-refractivity contribution < 1.29 is 18.5 Å². The Morgan fingerprint density at radius 1 is 1.19 bits per heavy atom. The fourth-order valence-electron chi connectivity index (χ4n) is 4.22. The molecule has 1 atom stereocenters. The monoisotopic (exact) mass is 447 g/mol. The summed E-state index contributed by atoms with van der Waals surface area (Å²) in [7, 11) is -3.62. The molecular formula is C23H30FN3O3S. The lowest BCUT2D eigenvalue weighted by atomic mass is 9.97. The molecule has 1 unspecified atom stereocenters. The predicted molar refractivity (Wildman–Crippen MR) is 123 cm³/mol. The number of amides is 2. The van der Waals surface area contributed by atoms with Crippen LogP contribution in [-0.2, 0) is 35.6 Å². The van der Waals surface area contributed by atoms with E-state index in [4.69, 9.17) is 5.14 Å². The Bertz CT molecular complexity index is 1080. The molecule has 0 fully saturated rings. The maximum absolute atomic E-state index is 14.8. The lowest BCUT2D eigenvalue weighted by Crippen LogP contribution is -2.23. The van der Waals surface area contributed by atoms with Crippen molar-refractivity contribution >= 4 is 21.6 Å². The van der Waals surface area contributed by atoms with E-state index in [1.165, 1.54) is 6.08 Å². The van der Waals surface area contributed by atoms with E-state index in [1.54, 1.807) is 32.9 Å². The number of fused-ring (bicyclic) bond motifs is 2. The third-order valence-corrected chi connectivity index (χ3v) is 7.07. The van der Waals surface area contributed by atoms with Crippen LogP contribution in [0.15, 0.2) is 39.6 Å². The predicted octanol–water partition coefficient (Wildman–Crippen LogP) is 4.46. The molecular weight excluding hydrogens is 417 g/mol. The first-order chi connectivity index (χ1) is 14.5. The zero-order valence-electron chi connectivity index (χ0n) is 18.3. The maximum Gasteiger partial charge on any atom is 0.354 e. The lowest BCUT2D eigenvalue weighted by Gasteiger charge is -2.19. The molecule has 8 heteroatoms. The van der Waals surface area contributed by atoms with Crippen LogP contribution < -0.4 is 10.5 Å². The molecule has 0 aromatic heterocycles. The number of rotatable bonds is 5. The number of benzene rings is 1. The largest absolute Gasteiger partial charge is 0.386 e. The number of hydrogen-bond acceptors (Lipinski definition) is 3. The Labute approximate surface area is 183 Å². The van der Waals surface area contributed by atoms with Gasteiger partial charge in [0.25, 0.3) is 0 Å². The van der Waals surface area contributed by atoms with E-state index < -0.39 is 21.5 Å². The van der Waals surface area contributed by atoms with Crippen molar-refractivity contribution in [3.05, 3.63) is 63.4 Å². The number of carbonyl (C=O) groups excluding carboxylic acids is 1. The number of nitrogens with one attached hydrogen (secondary N) is 1. The highest BCUT2D eigenvalue weighted by molar-refractivity contribution is 7.95. The molecule has 1 aromatic rings. The first kappa shape index (κ1) is 23.4. The Morgan fingerprint density at radius 3 is 2.19 bits per heavy atom. The van der Waals surface area contributed by atoms with Gasteiger partial charge < -0.3 is 10.4 Å². The fraction of sp³-hybridized carbons (Fsp3) is 0.435. The number of carbonyl (C=O) groups is 1. The van der Waals surface area contributed by atoms with Crippen LogP contribution in [0.2, 0.25) is 0 Å². The minimum atomic E-state index is -3.62. The van der Waals surface area contributed by atoms with Crippen LogP contribution >= 0.6 is 0 Å². The van der Waals surface area contributed by atoms with Crippen molar-refractivity contribution in [2.75, 3.05) is 5.32 Å². The second-order valence-corrected chi connectivity index (χ2v) is 10.4. The summed E-state index contributed by atoms with van der Waals surface area (Å²) >= 11 is 0. The first-order valence-corrected chi connectivity index (χ1v) is 12.0. The molecule has 2 amide bonds. The summed E-state index contributed by atoms with van der Waals surface area (Å²) in [5.74, 6) is -0.140. The van der Waals surface area contributed by atoms with Gasteiger partial charge in [-0.1, -0.05) is 18.7 Å². The number of hydrogen-bond donors (Lipinski definition) is 3. The molecule has 1 aromatic carbocycles. The smallest absolute Gasteiger partial charge is 0.354 e. The first-order valence-electron chi connectivity index (χ1n) is 10.4. The van der Waals surface area contributed by atoms with E-state index >= 15 is 0 Å². The number of nitrogens with zero attached hydrogens (tertiary/aromatic N) is 1. The van der Waals surface area contributed by atoms with Gasteiger partial charge in [0.15, 0.2) is 0 Å². The van der Waals surface area contributed by atoms with Gasteiger partial charge in [-0.25, -0.2) is 18.5 Å². The maximum atomic E-state index is 14.8. The van der Waals surface area contributed by atoms with E-state index in [2.05, 4.69) is 16.3 Å². The molecule has 3 rings (SSSR count). The third-order valence-electron chi connectivity index (χ3n) is 5.76.